The van der Waals surface area contributed by atoms with Crippen LogP contribution in [0.2, 0.25) is 0 Å². The van der Waals surface area contributed by atoms with E-state index in [1.54, 1.807) is 4.90 Å². The monoisotopic (exact) mass is 396 g/mol. The Kier molecular flexibility index (Phi) is 5.00. The van der Waals surface area contributed by atoms with E-state index in [1.165, 1.54) is 11.3 Å². The van der Waals surface area contributed by atoms with E-state index < -0.39 is 12.0 Å². The van der Waals surface area contributed by atoms with Crippen molar-refractivity contribution >= 4 is 40.4 Å². The number of Topliss-reactive ketones (excluding diaryl/α,β-unsaturated/α-hetero) is 1. The maximum Gasteiger partial charge on any atom is 0.303 e. The van der Waals surface area contributed by atoms with Gasteiger partial charge in [0.2, 0.25) is 5.91 Å². The van der Waals surface area contributed by atoms with Gasteiger partial charge < -0.3 is 10.4 Å². The largest absolute Gasteiger partial charge is 0.481 e. The first-order chi connectivity index (χ1) is 13.6. The summed E-state index contributed by atoms with van der Waals surface area (Å²) < 4.78 is 0. The SMILES string of the molecule is O=C(O)CCC(=O)N1c2ccccc2NC2=C(C(=O)CCC2)[C@H]1c1cccs1. The number of allylic oxidation sites excluding steroid dienone is 1. The van der Waals surface area contributed by atoms with Crippen molar-refractivity contribution in [3.63, 3.8) is 0 Å². The fraction of sp³-hybridized carbons (Fsp3) is 0.286. The molecule has 0 saturated carbocycles. The van der Waals surface area contributed by atoms with Crippen LogP contribution in [0.3, 0.4) is 0 Å². The Morgan fingerprint density at radius 2 is 1.96 bits per heavy atom. The van der Waals surface area contributed by atoms with Gasteiger partial charge in [0.1, 0.15) is 6.04 Å². The van der Waals surface area contributed by atoms with E-state index in [0.29, 0.717) is 17.7 Å². The van der Waals surface area contributed by atoms with Crippen molar-refractivity contribution in [3.8, 4) is 0 Å². The van der Waals surface area contributed by atoms with Gasteiger partial charge in [0.05, 0.1) is 17.8 Å². The van der Waals surface area contributed by atoms with Crippen molar-refractivity contribution in [3.05, 3.63) is 57.9 Å². The van der Waals surface area contributed by atoms with Gasteiger partial charge in [0, 0.05) is 29.0 Å². The molecule has 0 saturated heterocycles. The lowest BCUT2D eigenvalue weighted by molar-refractivity contribution is -0.138. The number of nitrogens with one attached hydrogen (secondary N) is 1. The Labute approximate surface area is 166 Å². The van der Waals surface area contributed by atoms with E-state index in [9.17, 15) is 14.4 Å². The number of carboxylic acids is 1. The van der Waals surface area contributed by atoms with Gasteiger partial charge in [-0.2, -0.15) is 0 Å². The molecule has 1 aromatic carbocycles. The number of fused-ring (bicyclic) bond motifs is 1. The van der Waals surface area contributed by atoms with Gasteiger partial charge in [-0.3, -0.25) is 19.3 Å². The van der Waals surface area contributed by atoms with Crippen molar-refractivity contribution in [1.29, 1.82) is 0 Å². The fourth-order valence-electron chi connectivity index (χ4n) is 3.86. The van der Waals surface area contributed by atoms with Gasteiger partial charge in [0.15, 0.2) is 5.78 Å². The summed E-state index contributed by atoms with van der Waals surface area (Å²) in [6.07, 6.45) is 1.60. The number of carbonyl (C=O) groups is 3. The van der Waals surface area contributed by atoms with E-state index in [1.807, 2.05) is 41.8 Å². The number of aliphatic carboxylic acids is 1. The number of thiophene rings is 1. The summed E-state index contributed by atoms with van der Waals surface area (Å²) in [4.78, 5) is 39.7. The Morgan fingerprint density at radius 3 is 2.71 bits per heavy atom. The molecular formula is C21H20N2O4S. The zero-order chi connectivity index (χ0) is 19.7. The maximum absolute atomic E-state index is 13.2. The number of hydrogen-bond acceptors (Lipinski definition) is 5. The second-order valence-corrected chi connectivity index (χ2v) is 7.87. The van der Waals surface area contributed by atoms with E-state index in [0.717, 1.165) is 29.1 Å². The van der Waals surface area contributed by atoms with E-state index in [4.69, 9.17) is 5.11 Å². The van der Waals surface area contributed by atoms with Crippen LogP contribution in [0, 0.1) is 0 Å². The predicted octanol–water partition coefficient (Wildman–Crippen LogP) is 4.12. The molecule has 0 bridgehead atoms. The fourth-order valence-corrected chi connectivity index (χ4v) is 4.68. The lowest BCUT2D eigenvalue weighted by Gasteiger charge is -2.33. The summed E-state index contributed by atoms with van der Waals surface area (Å²) in [5.41, 5.74) is 2.90. The number of benzene rings is 1. The summed E-state index contributed by atoms with van der Waals surface area (Å²) in [6, 6.07) is 10.7. The van der Waals surface area contributed by atoms with E-state index in [2.05, 4.69) is 5.32 Å². The summed E-state index contributed by atoms with van der Waals surface area (Å²) in [6.45, 7) is 0. The predicted molar refractivity (Wildman–Crippen MR) is 107 cm³/mol. The van der Waals surface area contributed by atoms with Crippen LogP contribution < -0.4 is 10.2 Å². The van der Waals surface area contributed by atoms with Crippen molar-refractivity contribution in [2.45, 2.75) is 38.1 Å². The van der Waals surface area contributed by atoms with Crippen LogP contribution in [0.4, 0.5) is 11.4 Å². The lowest BCUT2D eigenvalue weighted by Crippen LogP contribution is -2.37. The van der Waals surface area contributed by atoms with Gasteiger partial charge in [-0.15, -0.1) is 11.3 Å². The first-order valence-corrected chi connectivity index (χ1v) is 10.1. The second kappa shape index (κ2) is 7.59. The average Bonchev–Trinajstić information content (AvgIpc) is 3.15. The second-order valence-electron chi connectivity index (χ2n) is 6.89. The maximum atomic E-state index is 13.2. The molecule has 1 aliphatic heterocycles. The molecule has 0 radical (unpaired) electrons. The first-order valence-electron chi connectivity index (χ1n) is 9.26. The van der Waals surface area contributed by atoms with Crippen LogP contribution in [-0.4, -0.2) is 22.8 Å². The van der Waals surface area contributed by atoms with Crippen LogP contribution in [0.25, 0.3) is 0 Å². The zero-order valence-corrected chi connectivity index (χ0v) is 16.0. The number of rotatable bonds is 4. The number of ketones is 1. The average molecular weight is 396 g/mol. The smallest absolute Gasteiger partial charge is 0.303 e. The molecule has 4 rings (SSSR count). The molecule has 2 heterocycles. The Bertz CT molecular complexity index is 965. The number of hydrogen-bond donors (Lipinski definition) is 2. The molecule has 0 unspecified atom stereocenters. The molecule has 28 heavy (non-hydrogen) atoms. The van der Waals surface area contributed by atoms with Gasteiger partial charge in [-0.25, -0.2) is 0 Å². The number of carboxylic acid groups (broad SMARTS) is 1. The quantitative estimate of drug-likeness (QED) is 0.812. The Hall–Kier alpha value is -2.93. The van der Waals surface area contributed by atoms with Crippen molar-refractivity contribution < 1.29 is 19.5 Å². The van der Waals surface area contributed by atoms with Crippen LogP contribution in [0.15, 0.2) is 53.0 Å². The zero-order valence-electron chi connectivity index (χ0n) is 15.2. The highest BCUT2D eigenvalue weighted by Gasteiger charge is 2.39. The van der Waals surface area contributed by atoms with Crippen LogP contribution in [-0.2, 0) is 14.4 Å². The number of nitrogens with zero attached hydrogens (tertiary/aromatic N) is 1. The highest BCUT2D eigenvalue weighted by atomic mass is 32.1. The molecule has 144 valence electrons. The standard InChI is InChI=1S/C21H20N2O4S/c24-16-8-3-6-14-20(16)21(17-9-4-12-28-17)23(18(25)10-11-19(26)27)15-7-2-1-5-13(15)22-14/h1-2,4-5,7,9,12,21-22H,3,6,8,10-11H2,(H,26,27)/t21-/m1/s1. The molecule has 2 N–H and O–H groups in total. The van der Waals surface area contributed by atoms with Crippen molar-refractivity contribution in [2.24, 2.45) is 0 Å². The molecule has 2 aromatic rings. The summed E-state index contributed by atoms with van der Waals surface area (Å²) in [5.74, 6) is -1.28. The third-order valence-electron chi connectivity index (χ3n) is 5.07. The van der Waals surface area contributed by atoms with Crippen molar-refractivity contribution in [1.82, 2.24) is 0 Å². The molecule has 1 amide bonds. The van der Waals surface area contributed by atoms with Gasteiger partial charge in [-0.1, -0.05) is 18.2 Å². The number of carbonyl (C=O) groups excluding carboxylic acids is 2. The number of amides is 1. The van der Waals surface area contributed by atoms with E-state index >= 15 is 0 Å². The summed E-state index contributed by atoms with van der Waals surface area (Å²) in [5, 5.41) is 14.4. The molecule has 1 aromatic heterocycles. The van der Waals surface area contributed by atoms with Crippen LogP contribution in [0.5, 0.6) is 0 Å². The van der Waals surface area contributed by atoms with E-state index in [-0.39, 0.29) is 24.5 Å². The lowest BCUT2D eigenvalue weighted by atomic mass is 9.88. The highest BCUT2D eigenvalue weighted by molar-refractivity contribution is 7.10. The van der Waals surface area contributed by atoms with Crippen LogP contribution in [0.1, 0.15) is 43.0 Å². The molecule has 0 fully saturated rings. The summed E-state index contributed by atoms with van der Waals surface area (Å²) in [7, 11) is 0. The molecule has 1 atom stereocenters. The topological polar surface area (TPSA) is 86.7 Å². The molecule has 0 spiro atoms. The van der Waals surface area contributed by atoms with Crippen LogP contribution >= 0.6 is 11.3 Å². The normalized spacial score (nSPS) is 18.8. The van der Waals surface area contributed by atoms with Gasteiger partial charge >= 0.3 is 5.97 Å². The Balaban J connectivity index is 1.90. The van der Waals surface area contributed by atoms with Gasteiger partial charge in [-0.05, 0) is 36.4 Å². The Morgan fingerprint density at radius 1 is 1.14 bits per heavy atom. The van der Waals surface area contributed by atoms with Crippen molar-refractivity contribution in [2.75, 3.05) is 10.2 Å². The third-order valence-corrected chi connectivity index (χ3v) is 6.00. The minimum Gasteiger partial charge on any atom is -0.481 e. The molecule has 2 aliphatic rings. The number of anilines is 2. The third kappa shape index (κ3) is 3.33. The highest BCUT2D eigenvalue weighted by Crippen LogP contribution is 2.45. The minimum absolute atomic E-state index is 0.0380. The molecule has 1 aliphatic carbocycles. The summed E-state index contributed by atoms with van der Waals surface area (Å²) >= 11 is 1.49. The number of para-hydroxylation sites is 2. The first kappa shape index (κ1) is 18.4. The molecular weight excluding hydrogens is 376 g/mol. The minimum atomic E-state index is -1.02. The molecule has 7 heteroatoms. The van der Waals surface area contributed by atoms with Gasteiger partial charge in [0.25, 0.3) is 0 Å². The molecule has 6 nitrogen and oxygen atoms in total.